The van der Waals surface area contributed by atoms with Crippen LogP contribution in [0.25, 0.3) is 44.4 Å². The topological polar surface area (TPSA) is 8.17 Å². The van der Waals surface area contributed by atoms with E-state index in [1.165, 1.54) is 89.3 Å². The number of rotatable bonds is 5. The average Bonchev–Trinajstić information content (AvgIpc) is 3.89. The van der Waals surface area contributed by atoms with Crippen LogP contribution in [0.3, 0.4) is 0 Å². The molecule has 0 aliphatic heterocycles. The van der Waals surface area contributed by atoms with Crippen LogP contribution in [0.2, 0.25) is 0 Å². The van der Waals surface area contributed by atoms with E-state index in [1.54, 1.807) is 0 Å². The van der Waals surface area contributed by atoms with Gasteiger partial charge in [0.2, 0.25) is 0 Å². The molecular weight excluding hydrogens is 641 g/mol. The molecule has 0 atom stereocenters. The molecule has 11 rings (SSSR count). The second-order valence-corrected chi connectivity index (χ2v) is 14.4. The number of aromatic nitrogens is 1. The van der Waals surface area contributed by atoms with Gasteiger partial charge in [-0.3, -0.25) is 0 Å². The van der Waals surface area contributed by atoms with Crippen molar-refractivity contribution in [3.8, 4) is 27.9 Å². The largest absolute Gasteiger partial charge is 0.317 e. The minimum Gasteiger partial charge on any atom is -0.317 e. The maximum absolute atomic E-state index is 2.49. The smallest absolute Gasteiger partial charge is 0.0726 e. The van der Waals surface area contributed by atoms with E-state index in [-0.39, 0.29) is 5.41 Å². The molecule has 1 aromatic heterocycles. The van der Waals surface area contributed by atoms with E-state index in [0.717, 1.165) is 12.8 Å². The Morgan fingerprint density at radius 1 is 0.453 bits per heavy atom. The molecule has 0 saturated carbocycles. The predicted molar refractivity (Wildman–Crippen MR) is 220 cm³/mol. The summed E-state index contributed by atoms with van der Waals surface area (Å²) in [5.41, 5.74) is 19.1. The van der Waals surface area contributed by atoms with Crippen molar-refractivity contribution in [1.29, 1.82) is 0 Å². The number of hydrogen-bond donors (Lipinski definition) is 0. The van der Waals surface area contributed by atoms with Crippen LogP contribution in [0.4, 0.5) is 11.4 Å². The standard InChI is InChI=1S/C51H36N2/c1-2-13-39(14-3-1)53(40-28-24-36(25-29-40)35-22-26-38(27-23-35)52-33-32-37-12-4-11-21-50(37)52)41-30-31-45-44-17-7-10-20-48(44)51(49(45)34-41)46-18-8-5-15-42(46)43-16-6-9-19-47(43)51/h1-24,26-28,30-34H,25,29H2. The van der Waals surface area contributed by atoms with Gasteiger partial charge in [-0.2, -0.15) is 0 Å². The maximum atomic E-state index is 2.49. The monoisotopic (exact) mass is 676 g/mol. The van der Waals surface area contributed by atoms with Crippen LogP contribution >= 0.6 is 0 Å². The zero-order valence-corrected chi connectivity index (χ0v) is 29.3. The molecule has 0 saturated heterocycles. The Bertz CT molecular complexity index is 2720. The van der Waals surface area contributed by atoms with E-state index in [2.05, 4.69) is 204 Å². The first-order chi connectivity index (χ1) is 26.3. The van der Waals surface area contributed by atoms with Gasteiger partial charge in [-0.25, -0.2) is 0 Å². The maximum Gasteiger partial charge on any atom is 0.0726 e. The summed E-state index contributed by atoms with van der Waals surface area (Å²) in [6.07, 6.45) is 8.76. The fourth-order valence-corrected chi connectivity index (χ4v) is 9.48. The van der Waals surface area contributed by atoms with Crippen LogP contribution in [-0.4, -0.2) is 4.57 Å². The Morgan fingerprint density at radius 3 is 1.72 bits per heavy atom. The summed E-state index contributed by atoms with van der Waals surface area (Å²) in [5.74, 6) is 0. The molecule has 2 nitrogen and oxygen atoms in total. The summed E-state index contributed by atoms with van der Waals surface area (Å²) in [6, 6.07) is 65.0. The SMILES string of the molecule is C1=C(c2ccc(-n3ccc4ccccc43)cc2)CCC(N(c2ccccc2)c2ccc3c(c2)C2(c4ccccc4-c4ccccc42)c2ccccc2-3)=C1. The van der Waals surface area contributed by atoms with Crippen LogP contribution in [-0.2, 0) is 5.41 Å². The third-order valence-corrected chi connectivity index (χ3v) is 11.8. The van der Waals surface area contributed by atoms with E-state index in [1.807, 2.05) is 0 Å². The molecule has 0 amide bonds. The van der Waals surface area contributed by atoms with E-state index in [0.29, 0.717) is 0 Å². The summed E-state index contributed by atoms with van der Waals surface area (Å²) in [4.78, 5) is 2.48. The number of nitrogens with zero attached hydrogens (tertiary/aromatic N) is 2. The zero-order valence-electron chi connectivity index (χ0n) is 29.3. The minimum atomic E-state index is -0.370. The van der Waals surface area contributed by atoms with Crippen molar-refractivity contribution >= 4 is 27.9 Å². The highest BCUT2D eigenvalue weighted by Crippen LogP contribution is 2.63. The van der Waals surface area contributed by atoms with Gasteiger partial charge in [0.15, 0.2) is 0 Å². The first-order valence-corrected chi connectivity index (χ1v) is 18.6. The molecule has 2 heteroatoms. The molecule has 0 radical (unpaired) electrons. The first-order valence-electron chi connectivity index (χ1n) is 18.6. The van der Waals surface area contributed by atoms with Crippen molar-refractivity contribution in [2.24, 2.45) is 0 Å². The Balaban J connectivity index is 1.02. The highest BCUT2D eigenvalue weighted by Gasteiger charge is 2.51. The van der Waals surface area contributed by atoms with Crippen molar-refractivity contribution in [2.75, 3.05) is 4.90 Å². The molecule has 3 aliphatic rings. The van der Waals surface area contributed by atoms with E-state index in [4.69, 9.17) is 0 Å². The lowest BCUT2D eigenvalue weighted by Crippen LogP contribution is -2.26. The second-order valence-electron chi connectivity index (χ2n) is 14.4. The molecule has 1 spiro atoms. The average molecular weight is 677 g/mol. The van der Waals surface area contributed by atoms with Gasteiger partial charge >= 0.3 is 0 Å². The third kappa shape index (κ3) is 4.39. The highest BCUT2D eigenvalue weighted by atomic mass is 15.1. The van der Waals surface area contributed by atoms with E-state index >= 15 is 0 Å². The summed E-state index contributed by atoms with van der Waals surface area (Å²) in [7, 11) is 0. The van der Waals surface area contributed by atoms with Crippen LogP contribution in [0.1, 0.15) is 40.7 Å². The molecule has 0 fully saturated rings. The van der Waals surface area contributed by atoms with Crippen molar-refractivity contribution in [3.05, 3.63) is 228 Å². The number of fused-ring (bicyclic) bond motifs is 11. The molecule has 7 aromatic carbocycles. The zero-order chi connectivity index (χ0) is 34.9. The Hall–Kier alpha value is -6.64. The first kappa shape index (κ1) is 30.0. The van der Waals surface area contributed by atoms with Crippen LogP contribution in [0.5, 0.6) is 0 Å². The van der Waals surface area contributed by atoms with Gasteiger partial charge in [-0.15, -0.1) is 0 Å². The Morgan fingerprint density at radius 2 is 1.06 bits per heavy atom. The number of benzene rings is 7. The van der Waals surface area contributed by atoms with Crippen LogP contribution < -0.4 is 4.90 Å². The predicted octanol–water partition coefficient (Wildman–Crippen LogP) is 12.9. The van der Waals surface area contributed by atoms with Gasteiger partial charge < -0.3 is 9.47 Å². The summed E-state index contributed by atoms with van der Waals surface area (Å²) >= 11 is 0. The van der Waals surface area contributed by atoms with Crippen molar-refractivity contribution in [2.45, 2.75) is 18.3 Å². The lowest BCUT2D eigenvalue weighted by Gasteiger charge is -2.33. The lowest BCUT2D eigenvalue weighted by atomic mass is 9.70. The molecule has 1 heterocycles. The van der Waals surface area contributed by atoms with Gasteiger partial charge in [-0.05, 0) is 128 Å². The Kier molecular flexibility index (Phi) is 6.63. The van der Waals surface area contributed by atoms with Gasteiger partial charge in [0.25, 0.3) is 0 Å². The van der Waals surface area contributed by atoms with Crippen molar-refractivity contribution in [1.82, 2.24) is 4.57 Å². The molecule has 53 heavy (non-hydrogen) atoms. The Labute approximate surface area is 310 Å². The summed E-state index contributed by atoms with van der Waals surface area (Å²) in [5, 5.41) is 1.26. The minimum absolute atomic E-state index is 0.370. The van der Waals surface area contributed by atoms with Gasteiger partial charge in [-0.1, -0.05) is 133 Å². The molecule has 250 valence electrons. The normalized spacial score (nSPS) is 14.6. The highest BCUT2D eigenvalue weighted by molar-refractivity contribution is 5.96. The van der Waals surface area contributed by atoms with E-state index in [9.17, 15) is 0 Å². The molecule has 8 aromatic rings. The fraction of sp³-hybridized carbons (Fsp3) is 0.0588. The number of allylic oxidation sites excluding steroid dienone is 4. The van der Waals surface area contributed by atoms with Gasteiger partial charge in [0.05, 0.1) is 10.9 Å². The molecule has 3 aliphatic carbocycles. The lowest BCUT2D eigenvalue weighted by molar-refractivity contribution is 0.793. The number of hydrogen-bond acceptors (Lipinski definition) is 1. The quantitative estimate of drug-likeness (QED) is 0.176. The molecule has 0 N–H and O–H groups in total. The van der Waals surface area contributed by atoms with Crippen LogP contribution in [0, 0.1) is 0 Å². The number of anilines is 2. The van der Waals surface area contributed by atoms with Crippen molar-refractivity contribution in [3.63, 3.8) is 0 Å². The number of para-hydroxylation sites is 2. The van der Waals surface area contributed by atoms with Crippen LogP contribution in [0.15, 0.2) is 200 Å². The van der Waals surface area contributed by atoms with E-state index < -0.39 is 0 Å². The van der Waals surface area contributed by atoms with Gasteiger partial charge in [0, 0.05) is 29.0 Å². The third-order valence-electron chi connectivity index (χ3n) is 11.8. The van der Waals surface area contributed by atoms with Crippen molar-refractivity contribution < 1.29 is 0 Å². The molecular formula is C51H36N2. The fourth-order valence-electron chi connectivity index (χ4n) is 9.48. The van der Waals surface area contributed by atoms with Gasteiger partial charge in [0.1, 0.15) is 0 Å². The molecule has 0 bridgehead atoms. The summed E-state index contributed by atoms with van der Waals surface area (Å²) < 4.78 is 2.27. The second kappa shape index (κ2) is 11.7. The molecule has 0 unspecified atom stereocenters. The summed E-state index contributed by atoms with van der Waals surface area (Å²) in [6.45, 7) is 0.